The maximum absolute atomic E-state index is 11.9. The lowest BCUT2D eigenvalue weighted by Gasteiger charge is -2.27. The fourth-order valence-corrected chi connectivity index (χ4v) is 1.48. The molecule has 1 amide bonds. The van der Waals surface area contributed by atoms with Crippen LogP contribution in [0.1, 0.15) is 42.1 Å². The number of aliphatic hydroxyl groups excluding tert-OH is 1. The van der Waals surface area contributed by atoms with Crippen LogP contribution in [0.3, 0.4) is 0 Å². The smallest absolute Gasteiger partial charge is 0.273 e. The van der Waals surface area contributed by atoms with Gasteiger partial charge in [-0.25, -0.2) is 0 Å². The maximum atomic E-state index is 11.9. The van der Waals surface area contributed by atoms with E-state index in [4.69, 9.17) is 9.63 Å². The predicted octanol–water partition coefficient (Wildman–Crippen LogP) is 0.593. The molecule has 0 spiro atoms. The molecule has 0 aromatic carbocycles. The standard InChI is InChI=1S/C12H21N3O3/c1-5-12(3,13-4)7-14-11(17)10-8(2)9(6-16)18-15-10/h13,16H,5-7H2,1-4H3,(H,14,17). The summed E-state index contributed by atoms with van der Waals surface area (Å²) in [4.78, 5) is 11.9. The van der Waals surface area contributed by atoms with Crippen molar-refractivity contribution in [1.82, 2.24) is 15.8 Å². The molecule has 6 heteroatoms. The largest absolute Gasteiger partial charge is 0.388 e. The summed E-state index contributed by atoms with van der Waals surface area (Å²) in [5.74, 6) is 0.0397. The lowest BCUT2D eigenvalue weighted by atomic mass is 9.99. The Balaban J connectivity index is 2.68. The second kappa shape index (κ2) is 5.97. The average Bonchev–Trinajstić information content (AvgIpc) is 2.76. The van der Waals surface area contributed by atoms with Crippen LogP contribution in [0, 0.1) is 6.92 Å². The highest BCUT2D eigenvalue weighted by Crippen LogP contribution is 2.13. The van der Waals surface area contributed by atoms with Gasteiger partial charge in [0.05, 0.1) is 0 Å². The van der Waals surface area contributed by atoms with Gasteiger partial charge in [0.15, 0.2) is 11.5 Å². The molecule has 0 saturated carbocycles. The van der Waals surface area contributed by atoms with E-state index in [2.05, 4.69) is 15.8 Å². The highest BCUT2D eigenvalue weighted by molar-refractivity contribution is 5.93. The number of amides is 1. The predicted molar refractivity (Wildman–Crippen MR) is 67.3 cm³/mol. The number of rotatable bonds is 6. The van der Waals surface area contributed by atoms with Crippen molar-refractivity contribution in [3.05, 3.63) is 17.0 Å². The Hall–Kier alpha value is -1.40. The number of carbonyl (C=O) groups excluding carboxylic acids is 1. The van der Waals surface area contributed by atoms with E-state index in [-0.39, 0.29) is 23.7 Å². The maximum Gasteiger partial charge on any atom is 0.273 e. The zero-order valence-electron chi connectivity index (χ0n) is 11.3. The van der Waals surface area contributed by atoms with Crippen molar-refractivity contribution in [3.63, 3.8) is 0 Å². The number of hydrogen-bond acceptors (Lipinski definition) is 5. The summed E-state index contributed by atoms with van der Waals surface area (Å²) in [6.45, 7) is 6.03. The third-order valence-corrected chi connectivity index (χ3v) is 3.40. The van der Waals surface area contributed by atoms with E-state index < -0.39 is 0 Å². The molecule has 0 bridgehead atoms. The van der Waals surface area contributed by atoms with Gasteiger partial charge in [-0.05, 0) is 27.3 Å². The van der Waals surface area contributed by atoms with Crippen molar-refractivity contribution < 1.29 is 14.4 Å². The highest BCUT2D eigenvalue weighted by atomic mass is 16.5. The zero-order chi connectivity index (χ0) is 13.8. The fourth-order valence-electron chi connectivity index (χ4n) is 1.48. The number of carbonyl (C=O) groups is 1. The molecule has 1 aromatic rings. The van der Waals surface area contributed by atoms with Crippen LogP contribution in [0.2, 0.25) is 0 Å². The molecule has 0 radical (unpaired) electrons. The van der Waals surface area contributed by atoms with Crippen molar-refractivity contribution in [2.45, 2.75) is 39.3 Å². The minimum atomic E-state index is -0.286. The first kappa shape index (κ1) is 14.7. The van der Waals surface area contributed by atoms with E-state index in [1.54, 1.807) is 6.92 Å². The number of hydrogen-bond donors (Lipinski definition) is 3. The lowest BCUT2D eigenvalue weighted by Crippen LogP contribution is -2.49. The van der Waals surface area contributed by atoms with E-state index >= 15 is 0 Å². The molecule has 1 rings (SSSR count). The van der Waals surface area contributed by atoms with Gasteiger partial charge in [0.1, 0.15) is 6.61 Å². The molecule has 6 nitrogen and oxygen atoms in total. The monoisotopic (exact) mass is 255 g/mol. The molecule has 18 heavy (non-hydrogen) atoms. The van der Waals surface area contributed by atoms with Crippen LogP contribution in [0.15, 0.2) is 4.52 Å². The van der Waals surface area contributed by atoms with Gasteiger partial charge in [0.2, 0.25) is 0 Å². The summed E-state index contributed by atoms with van der Waals surface area (Å²) < 4.78 is 4.87. The first-order valence-corrected chi connectivity index (χ1v) is 6.00. The number of nitrogens with zero attached hydrogens (tertiary/aromatic N) is 1. The van der Waals surface area contributed by atoms with Gasteiger partial charge in [-0.2, -0.15) is 0 Å². The Morgan fingerprint density at radius 2 is 2.22 bits per heavy atom. The fraction of sp³-hybridized carbons (Fsp3) is 0.667. The second-order valence-corrected chi connectivity index (χ2v) is 4.58. The summed E-state index contributed by atoms with van der Waals surface area (Å²) in [6.07, 6.45) is 0.892. The van der Waals surface area contributed by atoms with Gasteiger partial charge in [-0.15, -0.1) is 0 Å². The Labute approximate surface area is 107 Å². The Bertz CT molecular complexity index is 411. The zero-order valence-corrected chi connectivity index (χ0v) is 11.3. The van der Waals surface area contributed by atoms with Crippen molar-refractivity contribution in [3.8, 4) is 0 Å². The van der Waals surface area contributed by atoms with Crippen molar-refractivity contribution in [2.75, 3.05) is 13.6 Å². The summed E-state index contributed by atoms with van der Waals surface area (Å²) in [6, 6.07) is 0. The van der Waals surface area contributed by atoms with Crippen molar-refractivity contribution >= 4 is 5.91 Å². The average molecular weight is 255 g/mol. The van der Waals surface area contributed by atoms with E-state index in [9.17, 15) is 4.79 Å². The molecular formula is C12H21N3O3. The molecule has 1 aromatic heterocycles. The van der Waals surface area contributed by atoms with Crippen molar-refractivity contribution in [1.29, 1.82) is 0 Å². The van der Waals surface area contributed by atoms with E-state index in [0.29, 0.717) is 17.9 Å². The molecule has 1 unspecified atom stereocenters. The summed E-state index contributed by atoms with van der Waals surface area (Å²) in [5.41, 5.74) is 0.666. The van der Waals surface area contributed by atoms with Gasteiger partial charge in [-0.3, -0.25) is 4.79 Å². The molecular weight excluding hydrogens is 234 g/mol. The molecule has 3 N–H and O–H groups in total. The highest BCUT2D eigenvalue weighted by Gasteiger charge is 2.23. The number of nitrogens with one attached hydrogen (secondary N) is 2. The molecule has 0 fully saturated rings. The Morgan fingerprint density at radius 1 is 1.56 bits per heavy atom. The first-order chi connectivity index (χ1) is 8.47. The minimum Gasteiger partial charge on any atom is -0.388 e. The third kappa shape index (κ3) is 3.08. The number of likely N-dealkylation sites (N-methyl/N-ethyl adjacent to an activating group) is 1. The minimum absolute atomic E-state index is 0.146. The lowest BCUT2D eigenvalue weighted by molar-refractivity contribution is 0.0931. The number of aliphatic hydroxyl groups is 1. The van der Waals surface area contributed by atoms with Crippen LogP contribution >= 0.6 is 0 Å². The van der Waals surface area contributed by atoms with Gasteiger partial charge in [-0.1, -0.05) is 12.1 Å². The second-order valence-electron chi connectivity index (χ2n) is 4.58. The van der Waals surface area contributed by atoms with E-state index in [0.717, 1.165) is 6.42 Å². The summed E-state index contributed by atoms with van der Waals surface area (Å²) in [5, 5.41) is 18.6. The van der Waals surface area contributed by atoms with Gasteiger partial charge >= 0.3 is 0 Å². The van der Waals surface area contributed by atoms with Crippen LogP contribution in [0.4, 0.5) is 0 Å². The third-order valence-electron chi connectivity index (χ3n) is 3.40. The van der Waals surface area contributed by atoms with Crippen LogP contribution in [-0.2, 0) is 6.61 Å². The molecule has 0 aliphatic heterocycles. The first-order valence-electron chi connectivity index (χ1n) is 6.00. The van der Waals surface area contributed by atoms with Crippen LogP contribution < -0.4 is 10.6 Å². The molecule has 0 aliphatic carbocycles. The molecule has 0 aliphatic rings. The van der Waals surface area contributed by atoms with Crippen molar-refractivity contribution in [2.24, 2.45) is 0 Å². The van der Waals surface area contributed by atoms with Gasteiger partial charge < -0.3 is 20.3 Å². The van der Waals surface area contributed by atoms with Crippen LogP contribution in [-0.4, -0.2) is 35.3 Å². The summed E-state index contributed by atoms with van der Waals surface area (Å²) in [7, 11) is 1.86. The van der Waals surface area contributed by atoms with E-state index in [1.165, 1.54) is 0 Å². The SMILES string of the molecule is CCC(C)(CNC(=O)c1noc(CO)c1C)NC. The van der Waals surface area contributed by atoms with Gasteiger partial charge in [0, 0.05) is 17.6 Å². The normalized spacial score (nSPS) is 14.3. The summed E-state index contributed by atoms with van der Waals surface area (Å²) >= 11 is 0. The number of aromatic nitrogens is 1. The van der Waals surface area contributed by atoms with E-state index in [1.807, 2.05) is 20.9 Å². The molecule has 0 saturated heterocycles. The molecule has 1 atom stereocenters. The quantitative estimate of drug-likeness (QED) is 0.692. The van der Waals surface area contributed by atoms with Crippen LogP contribution in [0.25, 0.3) is 0 Å². The van der Waals surface area contributed by atoms with Gasteiger partial charge in [0.25, 0.3) is 5.91 Å². The topological polar surface area (TPSA) is 87.4 Å². The van der Waals surface area contributed by atoms with Crippen LogP contribution in [0.5, 0.6) is 0 Å². The Morgan fingerprint density at radius 3 is 2.67 bits per heavy atom. The molecule has 102 valence electrons. The Kier molecular flexibility index (Phi) is 4.86. The molecule has 1 heterocycles.